The van der Waals surface area contributed by atoms with Gasteiger partial charge in [-0.2, -0.15) is 18.4 Å². The van der Waals surface area contributed by atoms with Crippen LogP contribution < -0.4 is 9.64 Å². The second kappa shape index (κ2) is 9.05. The number of nitrogens with zero attached hydrogens (tertiary/aromatic N) is 4. The molecule has 32 heavy (non-hydrogen) atoms. The van der Waals surface area contributed by atoms with Crippen LogP contribution in [0.25, 0.3) is 10.9 Å². The number of rotatable bonds is 5. The summed E-state index contributed by atoms with van der Waals surface area (Å²) < 4.78 is 45.0. The summed E-state index contributed by atoms with van der Waals surface area (Å²) in [5.74, 6) is 0.304. The molecule has 3 aromatic rings. The fourth-order valence-electron chi connectivity index (χ4n) is 4.27. The molecule has 2 aromatic carbocycles. The van der Waals surface area contributed by atoms with Crippen LogP contribution in [0.2, 0.25) is 0 Å². The fraction of sp³-hybridized carbons (Fsp3) is 0.333. The summed E-state index contributed by atoms with van der Waals surface area (Å²) in [4.78, 5) is 8.20. The molecule has 0 saturated carbocycles. The average Bonchev–Trinajstić information content (AvgIpc) is 2.79. The van der Waals surface area contributed by atoms with E-state index >= 15 is 0 Å². The Balaban J connectivity index is 1.69. The molecule has 0 spiro atoms. The van der Waals surface area contributed by atoms with Crippen molar-refractivity contribution in [3.63, 3.8) is 0 Å². The molecule has 1 aromatic heterocycles. The van der Waals surface area contributed by atoms with Crippen molar-refractivity contribution in [1.82, 2.24) is 9.88 Å². The van der Waals surface area contributed by atoms with E-state index in [1.54, 1.807) is 6.07 Å². The van der Waals surface area contributed by atoms with Crippen LogP contribution in [-0.2, 0) is 12.6 Å². The number of benzene rings is 2. The number of fused-ring (bicyclic) bond motifs is 1. The van der Waals surface area contributed by atoms with Gasteiger partial charge < -0.3 is 9.64 Å². The van der Waals surface area contributed by atoms with E-state index < -0.39 is 11.9 Å². The highest BCUT2D eigenvalue weighted by Crippen LogP contribution is 2.37. The Morgan fingerprint density at radius 2 is 1.88 bits per heavy atom. The second-order valence-corrected chi connectivity index (χ2v) is 7.80. The summed E-state index contributed by atoms with van der Waals surface area (Å²) >= 11 is 0. The zero-order valence-corrected chi connectivity index (χ0v) is 17.6. The van der Waals surface area contributed by atoms with Gasteiger partial charge in [-0.15, -0.1) is 0 Å². The first-order valence-electron chi connectivity index (χ1n) is 10.4. The Kier molecular flexibility index (Phi) is 6.19. The maximum atomic E-state index is 13.2. The first kappa shape index (κ1) is 21.9. The molecule has 1 aliphatic heterocycles. The number of piperazine rings is 1. The number of nitriles is 1. The minimum absolute atomic E-state index is 0.102. The predicted molar refractivity (Wildman–Crippen MR) is 117 cm³/mol. The lowest BCUT2D eigenvalue weighted by Gasteiger charge is -2.42. The number of pyridine rings is 1. The van der Waals surface area contributed by atoms with Crippen LogP contribution >= 0.6 is 0 Å². The standard InChI is InChI=1S/C24H23F3N4O/c1-32-21-9-8-20(19-7-10-22(24(25,26)27)29-23(19)21)31-14-13-30(12-11-28)18(16-31)15-17-5-3-2-4-6-17/h2-10,18H,12-16H2,1H3. The van der Waals surface area contributed by atoms with E-state index in [1.165, 1.54) is 18.7 Å². The van der Waals surface area contributed by atoms with E-state index in [9.17, 15) is 18.4 Å². The Bertz CT molecular complexity index is 1130. The minimum atomic E-state index is -4.53. The largest absolute Gasteiger partial charge is 0.494 e. The third-order valence-electron chi connectivity index (χ3n) is 5.84. The highest BCUT2D eigenvalue weighted by atomic mass is 19.4. The Morgan fingerprint density at radius 3 is 2.56 bits per heavy atom. The van der Waals surface area contributed by atoms with Crippen molar-refractivity contribution < 1.29 is 17.9 Å². The van der Waals surface area contributed by atoms with Crippen LogP contribution in [-0.4, -0.2) is 49.2 Å². The van der Waals surface area contributed by atoms with Gasteiger partial charge in [0.2, 0.25) is 0 Å². The van der Waals surface area contributed by atoms with Gasteiger partial charge in [-0.1, -0.05) is 30.3 Å². The zero-order chi connectivity index (χ0) is 22.7. The molecule has 1 atom stereocenters. The van der Waals surface area contributed by atoms with Crippen molar-refractivity contribution in [2.75, 3.05) is 38.2 Å². The number of ether oxygens (including phenoxy) is 1. The Morgan fingerprint density at radius 1 is 1.09 bits per heavy atom. The molecule has 1 unspecified atom stereocenters. The number of halogens is 3. The zero-order valence-electron chi connectivity index (χ0n) is 17.6. The van der Waals surface area contributed by atoms with Crippen LogP contribution in [0.15, 0.2) is 54.6 Å². The van der Waals surface area contributed by atoms with Crippen molar-refractivity contribution in [2.45, 2.75) is 18.6 Å². The van der Waals surface area contributed by atoms with Crippen LogP contribution in [0, 0.1) is 11.3 Å². The molecule has 0 N–H and O–H groups in total. The van der Waals surface area contributed by atoms with E-state index in [2.05, 4.69) is 33.0 Å². The van der Waals surface area contributed by atoms with Crippen molar-refractivity contribution in [3.8, 4) is 11.8 Å². The smallest absolute Gasteiger partial charge is 0.433 e. The number of hydrogen-bond donors (Lipinski definition) is 0. The molecule has 1 saturated heterocycles. The van der Waals surface area contributed by atoms with Crippen LogP contribution in [0.4, 0.5) is 18.9 Å². The lowest BCUT2D eigenvalue weighted by Crippen LogP contribution is -2.54. The maximum Gasteiger partial charge on any atom is 0.433 e. The number of anilines is 1. The summed E-state index contributed by atoms with van der Waals surface area (Å²) in [6.07, 6.45) is -3.75. The van der Waals surface area contributed by atoms with Gasteiger partial charge in [-0.05, 0) is 36.2 Å². The number of aromatic nitrogens is 1. The van der Waals surface area contributed by atoms with Crippen molar-refractivity contribution >= 4 is 16.6 Å². The highest BCUT2D eigenvalue weighted by Gasteiger charge is 2.33. The third-order valence-corrected chi connectivity index (χ3v) is 5.84. The normalized spacial score (nSPS) is 17.3. The predicted octanol–water partition coefficient (Wildman–Crippen LogP) is 4.52. The lowest BCUT2D eigenvalue weighted by atomic mass is 10.0. The quantitative estimate of drug-likeness (QED) is 0.546. The molecule has 4 rings (SSSR count). The van der Waals surface area contributed by atoms with E-state index in [1.807, 2.05) is 24.3 Å². The van der Waals surface area contributed by atoms with E-state index in [0.29, 0.717) is 37.3 Å². The van der Waals surface area contributed by atoms with Crippen LogP contribution in [0.3, 0.4) is 0 Å². The van der Waals surface area contributed by atoms with Gasteiger partial charge in [0.15, 0.2) is 0 Å². The molecular weight excluding hydrogens is 417 g/mol. The number of hydrogen-bond acceptors (Lipinski definition) is 5. The van der Waals surface area contributed by atoms with E-state index in [0.717, 1.165) is 18.2 Å². The molecular formula is C24H23F3N4O. The molecule has 0 amide bonds. The van der Waals surface area contributed by atoms with Gasteiger partial charge in [0.1, 0.15) is 17.0 Å². The molecule has 166 valence electrons. The second-order valence-electron chi connectivity index (χ2n) is 7.80. The topological polar surface area (TPSA) is 52.4 Å². The SMILES string of the molecule is COc1ccc(N2CCN(CC#N)C(Cc3ccccc3)C2)c2ccc(C(F)(F)F)nc12. The summed E-state index contributed by atoms with van der Waals surface area (Å²) in [7, 11) is 1.42. The molecule has 0 radical (unpaired) electrons. The molecule has 1 aliphatic rings. The van der Waals surface area contributed by atoms with Gasteiger partial charge >= 0.3 is 6.18 Å². The van der Waals surface area contributed by atoms with Crippen LogP contribution in [0.1, 0.15) is 11.3 Å². The Labute approximate surface area is 184 Å². The number of alkyl halides is 3. The van der Waals surface area contributed by atoms with Crippen molar-refractivity contribution in [1.29, 1.82) is 5.26 Å². The van der Waals surface area contributed by atoms with E-state index in [4.69, 9.17) is 4.74 Å². The molecule has 2 heterocycles. The first-order valence-corrected chi connectivity index (χ1v) is 10.4. The van der Waals surface area contributed by atoms with Gasteiger partial charge in [0, 0.05) is 36.7 Å². The summed E-state index contributed by atoms with van der Waals surface area (Å²) in [6.45, 7) is 2.34. The highest BCUT2D eigenvalue weighted by molar-refractivity contribution is 5.96. The van der Waals surface area contributed by atoms with Crippen LogP contribution in [0.5, 0.6) is 5.75 Å². The van der Waals surface area contributed by atoms with Gasteiger partial charge in [0.05, 0.1) is 19.7 Å². The van der Waals surface area contributed by atoms with E-state index in [-0.39, 0.29) is 11.6 Å². The molecule has 0 aliphatic carbocycles. The Hall–Kier alpha value is -3.31. The first-order chi connectivity index (χ1) is 15.4. The average molecular weight is 440 g/mol. The fourth-order valence-corrected chi connectivity index (χ4v) is 4.27. The summed E-state index contributed by atoms with van der Waals surface area (Å²) in [5.41, 5.74) is 1.25. The lowest BCUT2D eigenvalue weighted by molar-refractivity contribution is -0.140. The molecule has 5 nitrogen and oxygen atoms in total. The summed E-state index contributed by atoms with van der Waals surface area (Å²) in [5, 5.41) is 9.87. The third kappa shape index (κ3) is 4.48. The molecule has 0 bridgehead atoms. The maximum absolute atomic E-state index is 13.2. The van der Waals surface area contributed by atoms with Crippen molar-refractivity contribution in [3.05, 3.63) is 65.9 Å². The summed E-state index contributed by atoms with van der Waals surface area (Å²) in [6, 6.07) is 18.4. The molecule has 8 heteroatoms. The van der Waals surface area contributed by atoms with Gasteiger partial charge in [-0.25, -0.2) is 4.98 Å². The molecule has 1 fully saturated rings. The van der Waals surface area contributed by atoms with Gasteiger partial charge in [-0.3, -0.25) is 4.90 Å². The monoisotopic (exact) mass is 440 g/mol. The van der Waals surface area contributed by atoms with Crippen molar-refractivity contribution in [2.24, 2.45) is 0 Å². The van der Waals surface area contributed by atoms with Gasteiger partial charge in [0.25, 0.3) is 0 Å². The minimum Gasteiger partial charge on any atom is -0.494 e. The number of methoxy groups -OCH3 is 1.